The maximum atomic E-state index is 11.8. The minimum Gasteiger partial charge on any atom is -0.502 e. The second-order valence-electron chi connectivity index (χ2n) is 8.57. The fourth-order valence-electron chi connectivity index (χ4n) is 4.44. The van der Waals surface area contributed by atoms with Gasteiger partial charge in [0.15, 0.2) is 5.75 Å². The van der Waals surface area contributed by atoms with Gasteiger partial charge in [-0.25, -0.2) is 0 Å². The Labute approximate surface area is 207 Å². The van der Waals surface area contributed by atoms with Crippen LogP contribution in [0.5, 0.6) is 5.75 Å². The standard InChI is InChI=1S/C29H23ClN2O3/c1-17(23-11-5-7-18-6-2-3-10-24(18)23)31-25(19-12-14-21(30)15-13-19)20-8-4-9-22(16-20)32-26-27(33)29(35)28(26)34/h2-17,25,31-33H,1H3/t17-,25?/m1/s1. The monoisotopic (exact) mass is 482 g/mol. The van der Waals surface area contributed by atoms with Gasteiger partial charge in [-0.3, -0.25) is 14.9 Å². The molecule has 0 saturated heterocycles. The van der Waals surface area contributed by atoms with Crippen LogP contribution in [0.2, 0.25) is 5.02 Å². The Bertz CT molecular complexity index is 1580. The summed E-state index contributed by atoms with van der Waals surface area (Å²) in [5.74, 6) is -0.530. The molecule has 0 spiro atoms. The molecule has 1 unspecified atom stereocenters. The normalized spacial score (nSPS) is 13.1. The molecule has 0 fully saturated rings. The van der Waals surface area contributed by atoms with E-state index in [9.17, 15) is 14.7 Å². The van der Waals surface area contributed by atoms with Crippen LogP contribution in [0, 0.1) is 0 Å². The molecule has 35 heavy (non-hydrogen) atoms. The van der Waals surface area contributed by atoms with Crippen LogP contribution in [-0.4, -0.2) is 5.11 Å². The highest BCUT2D eigenvalue weighted by Crippen LogP contribution is 2.32. The molecule has 0 saturated carbocycles. The van der Waals surface area contributed by atoms with Crippen molar-refractivity contribution >= 4 is 33.7 Å². The summed E-state index contributed by atoms with van der Waals surface area (Å²) in [6.45, 7) is 2.13. The SMILES string of the molecule is C[C@@H](NC(c1ccc(Cl)cc1)c1cccc(Nc2c(O)c(=O)c2=O)c1)c1cccc2ccccc12. The Hall–Kier alpha value is -3.93. The average molecular weight is 483 g/mol. The van der Waals surface area contributed by atoms with Crippen LogP contribution in [0.15, 0.2) is 101 Å². The van der Waals surface area contributed by atoms with Gasteiger partial charge in [-0.05, 0) is 58.7 Å². The molecule has 6 heteroatoms. The summed E-state index contributed by atoms with van der Waals surface area (Å²) in [6.07, 6.45) is 0. The fraction of sp³-hybridized carbons (Fsp3) is 0.103. The highest BCUT2D eigenvalue weighted by atomic mass is 35.5. The summed E-state index contributed by atoms with van der Waals surface area (Å²) >= 11 is 6.15. The van der Waals surface area contributed by atoms with Crippen molar-refractivity contribution in [2.45, 2.75) is 19.0 Å². The second-order valence-corrected chi connectivity index (χ2v) is 9.01. The minimum atomic E-state index is -0.867. The molecule has 0 amide bonds. The lowest BCUT2D eigenvalue weighted by molar-refractivity contribution is 0.466. The number of halogens is 1. The summed E-state index contributed by atoms with van der Waals surface area (Å²) < 4.78 is 0. The summed E-state index contributed by atoms with van der Waals surface area (Å²) in [7, 11) is 0. The molecule has 5 aromatic carbocycles. The Morgan fingerprint density at radius 2 is 1.51 bits per heavy atom. The maximum Gasteiger partial charge on any atom is 0.271 e. The molecule has 0 aliphatic heterocycles. The largest absolute Gasteiger partial charge is 0.502 e. The average Bonchev–Trinajstić information content (AvgIpc) is 2.90. The minimum absolute atomic E-state index is 0.0102. The van der Waals surface area contributed by atoms with E-state index < -0.39 is 16.6 Å². The zero-order valence-corrected chi connectivity index (χ0v) is 19.7. The lowest BCUT2D eigenvalue weighted by Gasteiger charge is -2.26. The third-order valence-electron chi connectivity index (χ3n) is 6.28. The van der Waals surface area contributed by atoms with E-state index in [1.165, 1.54) is 16.3 Å². The first-order valence-electron chi connectivity index (χ1n) is 11.3. The lowest BCUT2D eigenvalue weighted by Crippen LogP contribution is -2.32. The van der Waals surface area contributed by atoms with E-state index in [0.29, 0.717) is 10.7 Å². The highest BCUT2D eigenvalue weighted by Gasteiger charge is 2.22. The van der Waals surface area contributed by atoms with E-state index in [1.807, 2.05) is 54.6 Å². The van der Waals surface area contributed by atoms with Crippen molar-refractivity contribution in [3.05, 3.63) is 133 Å². The molecule has 3 N–H and O–H groups in total. The van der Waals surface area contributed by atoms with Crippen molar-refractivity contribution in [1.82, 2.24) is 5.32 Å². The molecule has 0 bridgehead atoms. The van der Waals surface area contributed by atoms with Gasteiger partial charge in [0, 0.05) is 16.8 Å². The number of rotatable bonds is 7. The number of hydrogen-bond acceptors (Lipinski definition) is 5. The van der Waals surface area contributed by atoms with Crippen LogP contribution in [0.3, 0.4) is 0 Å². The van der Waals surface area contributed by atoms with Crippen LogP contribution in [-0.2, 0) is 0 Å². The molecule has 5 aromatic rings. The molecule has 0 heterocycles. The smallest absolute Gasteiger partial charge is 0.271 e. The number of benzene rings is 4. The molecule has 2 atom stereocenters. The lowest BCUT2D eigenvalue weighted by atomic mass is 9.94. The first-order valence-corrected chi connectivity index (χ1v) is 11.7. The van der Waals surface area contributed by atoms with E-state index in [-0.39, 0.29) is 17.8 Å². The molecule has 0 aliphatic carbocycles. The first-order chi connectivity index (χ1) is 16.9. The molecule has 0 radical (unpaired) electrons. The predicted molar refractivity (Wildman–Crippen MR) is 142 cm³/mol. The van der Waals surface area contributed by atoms with Crippen molar-refractivity contribution in [3.8, 4) is 5.75 Å². The highest BCUT2D eigenvalue weighted by molar-refractivity contribution is 6.30. The van der Waals surface area contributed by atoms with Gasteiger partial charge in [0.05, 0.1) is 6.04 Å². The Balaban J connectivity index is 1.51. The summed E-state index contributed by atoms with van der Waals surface area (Å²) in [5, 5.41) is 19.4. The topological polar surface area (TPSA) is 78.4 Å². The van der Waals surface area contributed by atoms with Crippen molar-refractivity contribution in [2.24, 2.45) is 0 Å². The molecule has 174 valence electrons. The van der Waals surface area contributed by atoms with Crippen LogP contribution < -0.4 is 21.5 Å². The quantitative estimate of drug-likeness (QED) is 0.249. The van der Waals surface area contributed by atoms with Crippen LogP contribution in [0.1, 0.15) is 35.7 Å². The molecular formula is C29H23ClN2O3. The van der Waals surface area contributed by atoms with Crippen LogP contribution in [0.4, 0.5) is 11.4 Å². The Kier molecular flexibility index (Phi) is 6.12. The summed E-state index contributed by atoms with van der Waals surface area (Å²) in [4.78, 5) is 23.2. The summed E-state index contributed by atoms with van der Waals surface area (Å²) in [5.41, 5.74) is 2.09. The molecule has 0 aliphatic rings. The van der Waals surface area contributed by atoms with Gasteiger partial charge in [0.1, 0.15) is 5.69 Å². The van der Waals surface area contributed by atoms with Gasteiger partial charge >= 0.3 is 0 Å². The number of hydrogen-bond donors (Lipinski definition) is 3. The van der Waals surface area contributed by atoms with E-state index in [0.717, 1.165) is 11.1 Å². The summed E-state index contributed by atoms with van der Waals surface area (Å²) in [6, 6.07) is 29.7. The zero-order valence-electron chi connectivity index (χ0n) is 19.0. The van der Waals surface area contributed by atoms with Gasteiger partial charge in [0.25, 0.3) is 10.9 Å². The van der Waals surface area contributed by atoms with Crippen molar-refractivity contribution in [1.29, 1.82) is 0 Å². The van der Waals surface area contributed by atoms with Gasteiger partial charge in [-0.1, -0.05) is 78.3 Å². The molecule has 5 nitrogen and oxygen atoms in total. The second kappa shape index (κ2) is 9.37. The molecule has 0 aromatic heterocycles. The van der Waals surface area contributed by atoms with Crippen LogP contribution in [0.25, 0.3) is 10.8 Å². The number of nitrogens with one attached hydrogen (secondary N) is 2. The Morgan fingerprint density at radius 3 is 2.29 bits per heavy atom. The van der Waals surface area contributed by atoms with E-state index in [4.69, 9.17) is 11.6 Å². The van der Waals surface area contributed by atoms with Gasteiger partial charge in [-0.2, -0.15) is 0 Å². The molecular weight excluding hydrogens is 460 g/mol. The van der Waals surface area contributed by atoms with Crippen molar-refractivity contribution in [3.63, 3.8) is 0 Å². The van der Waals surface area contributed by atoms with Gasteiger partial charge in [0.2, 0.25) is 0 Å². The third kappa shape index (κ3) is 4.44. The number of anilines is 2. The van der Waals surface area contributed by atoms with E-state index >= 15 is 0 Å². The van der Waals surface area contributed by atoms with E-state index in [2.05, 4.69) is 47.9 Å². The first kappa shape index (κ1) is 22.8. The van der Waals surface area contributed by atoms with Crippen molar-refractivity contribution < 1.29 is 5.11 Å². The van der Waals surface area contributed by atoms with Gasteiger partial charge in [-0.15, -0.1) is 0 Å². The third-order valence-corrected chi connectivity index (χ3v) is 6.54. The van der Waals surface area contributed by atoms with E-state index in [1.54, 1.807) is 6.07 Å². The fourth-order valence-corrected chi connectivity index (χ4v) is 4.57. The predicted octanol–water partition coefficient (Wildman–Crippen LogP) is 5.98. The van der Waals surface area contributed by atoms with Crippen LogP contribution >= 0.6 is 11.6 Å². The number of fused-ring (bicyclic) bond motifs is 1. The Morgan fingerprint density at radius 1 is 0.800 bits per heavy atom. The number of aromatic hydroxyl groups is 1. The van der Waals surface area contributed by atoms with Crippen molar-refractivity contribution in [2.75, 3.05) is 5.32 Å². The van der Waals surface area contributed by atoms with Gasteiger partial charge < -0.3 is 10.4 Å². The maximum absolute atomic E-state index is 11.8. The zero-order chi connectivity index (χ0) is 24.5. The molecule has 5 rings (SSSR count).